The highest BCUT2D eigenvalue weighted by molar-refractivity contribution is 7.89. The number of hydrogen-bond donors (Lipinski definition) is 2. The van der Waals surface area contributed by atoms with Gasteiger partial charge in [0, 0.05) is 54.7 Å². The van der Waals surface area contributed by atoms with Gasteiger partial charge in [0.15, 0.2) is 0 Å². The highest BCUT2D eigenvalue weighted by atomic mass is 35.5. The summed E-state index contributed by atoms with van der Waals surface area (Å²) in [4.78, 5) is 12.7. The van der Waals surface area contributed by atoms with Crippen LogP contribution in [0.25, 0.3) is 11.0 Å². The van der Waals surface area contributed by atoms with Crippen molar-refractivity contribution in [1.29, 1.82) is 0 Å². The Morgan fingerprint density at radius 1 is 1.24 bits per heavy atom. The van der Waals surface area contributed by atoms with Crippen LogP contribution in [0.5, 0.6) is 0 Å². The number of sulfonamides is 1. The number of halogens is 1. The topological polar surface area (TPSA) is 81.3 Å². The lowest BCUT2D eigenvalue weighted by atomic mass is 9.93. The number of hydrogen-bond acceptors (Lipinski definition) is 5. The van der Waals surface area contributed by atoms with Gasteiger partial charge in [-0.3, -0.25) is 0 Å². The van der Waals surface area contributed by atoms with Crippen molar-refractivity contribution in [3.8, 4) is 0 Å². The van der Waals surface area contributed by atoms with E-state index in [4.69, 9.17) is 11.6 Å². The fourth-order valence-corrected chi connectivity index (χ4v) is 5.14. The summed E-state index contributed by atoms with van der Waals surface area (Å²) in [5, 5.41) is 3.35. The molecule has 3 heterocycles. The number of H-pyrrole nitrogens is 1. The maximum Gasteiger partial charge on any atom is 0.253 e. The van der Waals surface area contributed by atoms with E-state index in [-0.39, 0.29) is 10.9 Å². The van der Waals surface area contributed by atoms with Gasteiger partial charge in [0.2, 0.25) is 0 Å². The molecule has 154 valence electrons. The van der Waals surface area contributed by atoms with Crippen molar-refractivity contribution >= 4 is 38.3 Å². The Kier molecular flexibility index (Phi) is 5.52. The van der Waals surface area contributed by atoms with Crippen LogP contribution >= 0.6 is 11.6 Å². The molecule has 1 aliphatic rings. The second-order valence-electron chi connectivity index (χ2n) is 7.51. The third-order valence-corrected chi connectivity index (χ3v) is 7.25. The molecule has 0 aliphatic carbocycles. The van der Waals surface area contributed by atoms with Crippen molar-refractivity contribution < 1.29 is 8.42 Å². The van der Waals surface area contributed by atoms with Gasteiger partial charge >= 0.3 is 0 Å². The average molecular weight is 434 g/mol. The summed E-state index contributed by atoms with van der Waals surface area (Å²) in [7, 11) is -1.59. The van der Waals surface area contributed by atoms with Crippen LogP contribution < -0.4 is 9.73 Å². The molecule has 2 N–H and O–H groups in total. The lowest BCUT2D eigenvalue weighted by Gasteiger charge is -2.42. The fourth-order valence-electron chi connectivity index (χ4n) is 3.90. The van der Waals surface area contributed by atoms with Gasteiger partial charge in [-0.05, 0) is 48.7 Å². The Morgan fingerprint density at radius 3 is 2.76 bits per heavy atom. The molecule has 0 saturated carbocycles. The summed E-state index contributed by atoms with van der Waals surface area (Å²) in [5.41, 5.74) is 1.92. The van der Waals surface area contributed by atoms with Gasteiger partial charge in [-0.1, -0.05) is 18.5 Å². The van der Waals surface area contributed by atoms with Crippen molar-refractivity contribution in [2.24, 2.45) is 5.92 Å². The predicted molar refractivity (Wildman–Crippen MR) is 115 cm³/mol. The van der Waals surface area contributed by atoms with Gasteiger partial charge in [0.05, 0.1) is 4.90 Å². The SMILES string of the molecule is C[C@@H]1CCN(NS(=O)(=O)c2ccc(Cl)cc2)C[C@@H]1N(C)c1ccnc2[nH]ccc12. The van der Waals surface area contributed by atoms with Crippen LogP contribution in [0.1, 0.15) is 13.3 Å². The number of rotatable bonds is 5. The van der Waals surface area contributed by atoms with Crippen molar-refractivity contribution in [3.63, 3.8) is 0 Å². The van der Waals surface area contributed by atoms with E-state index < -0.39 is 10.0 Å². The van der Waals surface area contributed by atoms with Crippen molar-refractivity contribution in [3.05, 3.63) is 53.8 Å². The van der Waals surface area contributed by atoms with E-state index in [0.29, 0.717) is 24.0 Å². The molecule has 7 nitrogen and oxygen atoms in total. The zero-order valence-electron chi connectivity index (χ0n) is 16.3. The summed E-state index contributed by atoms with van der Waals surface area (Å²) >= 11 is 5.88. The number of hydrazine groups is 1. The highest BCUT2D eigenvalue weighted by Gasteiger charge is 2.32. The molecule has 4 rings (SSSR count). The molecular weight excluding hydrogens is 410 g/mol. The summed E-state index contributed by atoms with van der Waals surface area (Å²) in [6, 6.07) is 10.4. The standard InChI is InChI=1S/C20H24ClN5O2S/c1-14-9-12-26(24-29(27,28)16-5-3-15(21)4-6-16)13-19(14)25(2)18-8-11-23-20-17(18)7-10-22-20/h3-8,10-11,14,19,24H,9,12-13H2,1-2H3,(H,22,23)/t14-,19+/m1/s1. The molecule has 0 unspecified atom stereocenters. The number of likely N-dealkylation sites (N-methyl/N-ethyl adjacent to an activating group) is 1. The number of aromatic amines is 1. The Balaban J connectivity index is 1.53. The lowest BCUT2D eigenvalue weighted by molar-refractivity contribution is 0.144. The van der Waals surface area contributed by atoms with Crippen LogP contribution in [-0.2, 0) is 10.0 Å². The molecule has 1 aliphatic heterocycles. The van der Waals surface area contributed by atoms with Gasteiger partial charge in [0.1, 0.15) is 5.65 Å². The van der Waals surface area contributed by atoms with Crippen molar-refractivity contribution in [2.45, 2.75) is 24.3 Å². The number of anilines is 1. The molecule has 0 amide bonds. The second-order valence-corrected chi connectivity index (χ2v) is 9.61. The van der Waals surface area contributed by atoms with E-state index in [1.807, 2.05) is 18.3 Å². The predicted octanol–water partition coefficient (Wildman–Crippen LogP) is 3.26. The molecule has 0 spiro atoms. The Bertz CT molecular complexity index is 1100. The molecule has 3 aromatic rings. The molecular formula is C20H24ClN5O2S. The molecule has 1 saturated heterocycles. The first-order valence-corrected chi connectivity index (χ1v) is 11.4. The van der Waals surface area contributed by atoms with Crippen LogP contribution in [0.15, 0.2) is 53.7 Å². The van der Waals surface area contributed by atoms with E-state index in [1.165, 1.54) is 12.1 Å². The maximum atomic E-state index is 12.8. The maximum absolute atomic E-state index is 12.8. The van der Waals surface area contributed by atoms with E-state index in [9.17, 15) is 8.42 Å². The number of piperidine rings is 1. The van der Waals surface area contributed by atoms with Crippen LogP contribution in [0.3, 0.4) is 0 Å². The number of nitrogens with one attached hydrogen (secondary N) is 2. The van der Waals surface area contributed by atoms with Crippen LogP contribution in [-0.4, -0.2) is 49.6 Å². The molecule has 1 fully saturated rings. The minimum Gasteiger partial charge on any atom is -0.369 e. The minimum absolute atomic E-state index is 0.150. The van der Waals surface area contributed by atoms with E-state index in [0.717, 1.165) is 23.1 Å². The van der Waals surface area contributed by atoms with Gasteiger partial charge in [0.25, 0.3) is 10.0 Å². The summed E-state index contributed by atoms with van der Waals surface area (Å²) in [6.07, 6.45) is 4.56. The number of fused-ring (bicyclic) bond motifs is 1. The second kappa shape index (κ2) is 7.95. The van der Waals surface area contributed by atoms with Gasteiger partial charge in [-0.2, -0.15) is 0 Å². The molecule has 2 atom stereocenters. The highest BCUT2D eigenvalue weighted by Crippen LogP contribution is 2.30. The largest absolute Gasteiger partial charge is 0.369 e. The van der Waals surface area contributed by atoms with Gasteiger partial charge < -0.3 is 9.88 Å². The third kappa shape index (κ3) is 4.11. The molecule has 0 radical (unpaired) electrons. The zero-order valence-corrected chi connectivity index (χ0v) is 17.9. The number of nitrogens with zero attached hydrogens (tertiary/aromatic N) is 3. The van der Waals surface area contributed by atoms with Crippen molar-refractivity contribution in [1.82, 2.24) is 19.8 Å². The summed E-state index contributed by atoms with van der Waals surface area (Å²) in [5.74, 6) is 0.415. The average Bonchev–Trinajstić information content (AvgIpc) is 3.18. The normalized spacial score (nSPS) is 20.8. The van der Waals surface area contributed by atoms with E-state index in [1.54, 1.807) is 23.3 Å². The van der Waals surface area contributed by atoms with E-state index in [2.05, 4.69) is 33.7 Å². The quantitative estimate of drug-likeness (QED) is 0.645. The smallest absolute Gasteiger partial charge is 0.253 e. The summed E-state index contributed by atoms with van der Waals surface area (Å²) < 4.78 is 25.5. The van der Waals surface area contributed by atoms with Crippen LogP contribution in [0.2, 0.25) is 5.02 Å². The first-order valence-electron chi connectivity index (χ1n) is 9.53. The Labute approximate surface area is 175 Å². The van der Waals surface area contributed by atoms with Gasteiger partial charge in [-0.25, -0.2) is 18.4 Å². The first-order chi connectivity index (χ1) is 13.8. The molecule has 29 heavy (non-hydrogen) atoms. The molecule has 0 bridgehead atoms. The number of pyridine rings is 1. The first kappa shape index (κ1) is 20.2. The molecule has 1 aromatic carbocycles. The zero-order chi connectivity index (χ0) is 20.6. The molecule has 2 aromatic heterocycles. The van der Waals surface area contributed by atoms with Crippen LogP contribution in [0, 0.1) is 5.92 Å². The van der Waals surface area contributed by atoms with Gasteiger partial charge in [-0.15, -0.1) is 4.83 Å². The van der Waals surface area contributed by atoms with E-state index >= 15 is 0 Å². The van der Waals surface area contributed by atoms with Crippen LogP contribution in [0.4, 0.5) is 5.69 Å². The number of aromatic nitrogens is 2. The summed E-state index contributed by atoms with van der Waals surface area (Å²) in [6.45, 7) is 3.45. The van der Waals surface area contributed by atoms with Crippen molar-refractivity contribution in [2.75, 3.05) is 25.0 Å². The Hall–Kier alpha value is -2.13. The molecule has 9 heteroatoms. The monoisotopic (exact) mass is 433 g/mol. The Morgan fingerprint density at radius 2 is 2.00 bits per heavy atom. The minimum atomic E-state index is -3.65. The lowest BCUT2D eigenvalue weighted by Crippen LogP contribution is -2.56. The fraction of sp³-hybridized carbons (Fsp3) is 0.350. The third-order valence-electron chi connectivity index (χ3n) is 5.61. The number of benzene rings is 1.